The molecule has 0 bridgehead atoms. The lowest BCUT2D eigenvalue weighted by Crippen LogP contribution is -1.82. The molecule has 0 saturated heterocycles. The molecular weight excluding hydrogens is 124 g/mol. The van der Waals surface area contributed by atoms with E-state index in [1.54, 1.807) is 0 Å². The van der Waals surface area contributed by atoms with Crippen molar-refractivity contribution in [2.45, 2.75) is 6.92 Å². The van der Waals surface area contributed by atoms with Crippen LogP contribution in [-0.2, 0) is 0 Å². The van der Waals surface area contributed by atoms with Crippen LogP contribution in [0, 0.1) is 13.0 Å². The van der Waals surface area contributed by atoms with E-state index >= 15 is 0 Å². The SMILES string of the molecule is Cc1[c]cnc(Cl)n1. The third-order valence-electron chi connectivity index (χ3n) is 0.704. The summed E-state index contributed by atoms with van der Waals surface area (Å²) in [6.07, 6.45) is 1.50. The van der Waals surface area contributed by atoms with E-state index in [0.717, 1.165) is 5.69 Å². The Balaban J connectivity index is 3.08. The van der Waals surface area contributed by atoms with Crippen LogP contribution in [0.3, 0.4) is 0 Å². The highest BCUT2D eigenvalue weighted by Gasteiger charge is 1.86. The van der Waals surface area contributed by atoms with Gasteiger partial charge in [-0.1, -0.05) is 0 Å². The Morgan fingerprint density at radius 3 is 2.88 bits per heavy atom. The molecule has 3 heteroatoms. The van der Waals surface area contributed by atoms with Crippen LogP contribution in [0.4, 0.5) is 0 Å². The van der Waals surface area contributed by atoms with E-state index in [0.29, 0.717) is 0 Å². The summed E-state index contributed by atoms with van der Waals surface area (Å²) in [6, 6.07) is 2.77. The number of aromatic nitrogens is 2. The van der Waals surface area contributed by atoms with E-state index in [1.165, 1.54) is 6.20 Å². The minimum absolute atomic E-state index is 0.279. The van der Waals surface area contributed by atoms with E-state index in [9.17, 15) is 0 Å². The minimum Gasteiger partial charge on any atom is -0.226 e. The van der Waals surface area contributed by atoms with Crippen LogP contribution in [0.5, 0.6) is 0 Å². The number of hydrogen-bond donors (Lipinski definition) is 0. The fourth-order valence-electron chi connectivity index (χ4n) is 0.378. The van der Waals surface area contributed by atoms with Gasteiger partial charge in [-0.15, -0.1) is 0 Å². The van der Waals surface area contributed by atoms with Crippen LogP contribution in [-0.4, -0.2) is 9.97 Å². The predicted molar refractivity (Wildman–Crippen MR) is 30.6 cm³/mol. The lowest BCUT2D eigenvalue weighted by atomic mass is 10.5. The molecule has 2 nitrogen and oxygen atoms in total. The molecule has 0 spiro atoms. The van der Waals surface area contributed by atoms with Gasteiger partial charge >= 0.3 is 0 Å². The van der Waals surface area contributed by atoms with Gasteiger partial charge in [-0.25, -0.2) is 9.97 Å². The summed E-state index contributed by atoms with van der Waals surface area (Å²) in [5.74, 6) is 0. The van der Waals surface area contributed by atoms with Gasteiger partial charge in [0.2, 0.25) is 5.28 Å². The molecular formula is C5H4ClN2. The molecule has 0 saturated carbocycles. The van der Waals surface area contributed by atoms with Crippen molar-refractivity contribution >= 4 is 11.6 Å². The molecule has 0 unspecified atom stereocenters. The first kappa shape index (κ1) is 5.51. The highest BCUT2D eigenvalue weighted by molar-refractivity contribution is 6.28. The maximum absolute atomic E-state index is 5.40. The van der Waals surface area contributed by atoms with E-state index in [-0.39, 0.29) is 5.28 Å². The second-order valence-corrected chi connectivity index (χ2v) is 1.71. The van der Waals surface area contributed by atoms with Gasteiger partial charge in [0.25, 0.3) is 0 Å². The molecule has 0 aliphatic carbocycles. The van der Waals surface area contributed by atoms with Gasteiger partial charge in [0.05, 0.1) is 5.69 Å². The molecule has 41 valence electrons. The van der Waals surface area contributed by atoms with Crippen molar-refractivity contribution in [1.82, 2.24) is 9.97 Å². The van der Waals surface area contributed by atoms with E-state index in [2.05, 4.69) is 16.0 Å². The molecule has 0 amide bonds. The molecule has 1 rings (SSSR count). The van der Waals surface area contributed by atoms with Crippen molar-refractivity contribution in [2.75, 3.05) is 0 Å². The monoisotopic (exact) mass is 127 g/mol. The first-order valence-electron chi connectivity index (χ1n) is 2.16. The molecule has 0 atom stereocenters. The molecule has 0 aromatic carbocycles. The Hall–Kier alpha value is -0.630. The zero-order valence-electron chi connectivity index (χ0n) is 4.35. The molecule has 8 heavy (non-hydrogen) atoms. The van der Waals surface area contributed by atoms with Crippen molar-refractivity contribution in [3.8, 4) is 0 Å². The summed E-state index contributed by atoms with van der Waals surface area (Å²) >= 11 is 5.40. The molecule has 1 aromatic rings. The third-order valence-corrected chi connectivity index (χ3v) is 0.887. The van der Waals surface area contributed by atoms with Gasteiger partial charge in [-0.3, -0.25) is 0 Å². The van der Waals surface area contributed by atoms with E-state index in [1.807, 2.05) is 6.92 Å². The maximum atomic E-state index is 5.40. The van der Waals surface area contributed by atoms with Crippen LogP contribution < -0.4 is 0 Å². The Bertz CT molecular complexity index is 170. The number of nitrogens with zero attached hydrogens (tertiary/aromatic N) is 2. The average Bonchev–Trinajstić information content (AvgIpc) is 1.64. The Labute approximate surface area is 52.5 Å². The lowest BCUT2D eigenvalue weighted by Gasteiger charge is -1.86. The second kappa shape index (κ2) is 2.09. The molecule has 0 fully saturated rings. The summed E-state index contributed by atoms with van der Waals surface area (Å²) in [5.41, 5.74) is 0.769. The Kier molecular flexibility index (Phi) is 1.44. The van der Waals surface area contributed by atoms with Crippen LogP contribution >= 0.6 is 11.6 Å². The quantitative estimate of drug-likeness (QED) is 0.490. The molecule has 1 aromatic heterocycles. The zero-order chi connectivity index (χ0) is 5.98. The smallest absolute Gasteiger partial charge is 0.222 e. The fourth-order valence-corrected chi connectivity index (χ4v) is 0.554. The largest absolute Gasteiger partial charge is 0.226 e. The summed E-state index contributed by atoms with van der Waals surface area (Å²) in [7, 11) is 0. The normalized spacial score (nSPS) is 9.25. The van der Waals surface area contributed by atoms with Crippen molar-refractivity contribution in [1.29, 1.82) is 0 Å². The standard InChI is InChI=1S/C5H4ClN2/c1-4-2-3-7-5(6)8-4/h3H,1H3. The predicted octanol–water partition coefficient (Wildman–Crippen LogP) is 1.24. The van der Waals surface area contributed by atoms with Crippen molar-refractivity contribution in [3.63, 3.8) is 0 Å². The highest BCUT2D eigenvalue weighted by atomic mass is 35.5. The summed E-state index contributed by atoms with van der Waals surface area (Å²) in [4.78, 5) is 7.41. The summed E-state index contributed by atoms with van der Waals surface area (Å²) in [6.45, 7) is 1.81. The molecule has 0 N–H and O–H groups in total. The third kappa shape index (κ3) is 1.17. The molecule has 1 radical (unpaired) electrons. The van der Waals surface area contributed by atoms with Crippen molar-refractivity contribution in [2.24, 2.45) is 0 Å². The zero-order valence-corrected chi connectivity index (χ0v) is 5.11. The fraction of sp³-hybridized carbons (Fsp3) is 0.200. The van der Waals surface area contributed by atoms with Crippen LogP contribution in [0.1, 0.15) is 5.69 Å². The first-order valence-corrected chi connectivity index (χ1v) is 2.53. The van der Waals surface area contributed by atoms with E-state index in [4.69, 9.17) is 11.6 Å². The van der Waals surface area contributed by atoms with Gasteiger partial charge in [0.15, 0.2) is 0 Å². The average molecular weight is 128 g/mol. The second-order valence-electron chi connectivity index (χ2n) is 1.37. The summed E-state index contributed by atoms with van der Waals surface area (Å²) in [5, 5.41) is 0.279. The van der Waals surface area contributed by atoms with Crippen molar-refractivity contribution < 1.29 is 0 Å². The number of rotatable bonds is 0. The lowest BCUT2D eigenvalue weighted by molar-refractivity contribution is 1.10. The number of hydrogen-bond acceptors (Lipinski definition) is 2. The molecule has 0 aliphatic heterocycles. The number of aryl methyl sites for hydroxylation is 1. The maximum Gasteiger partial charge on any atom is 0.222 e. The van der Waals surface area contributed by atoms with Gasteiger partial charge in [0.1, 0.15) is 0 Å². The first-order chi connectivity index (χ1) is 3.79. The highest BCUT2D eigenvalue weighted by Crippen LogP contribution is 1.96. The van der Waals surface area contributed by atoms with Crippen LogP contribution in [0.2, 0.25) is 5.28 Å². The van der Waals surface area contributed by atoms with Gasteiger partial charge in [-0.05, 0) is 18.5 Å². The topological polar surface area (TPSA) is 25.8 Å². The van der Waals surface area contributed by atoms with Crippen molar-refractivity contribution in [3.05, 3.63) is 23.2 Å². The van der Waals surface area contributed by atoms with Crippen LogP contribution in [0.15, 0.2) is 6.20 Å². The van der Waals surface area contributed by atoms with Gasteiger partial charge in [-0.2, -0.15) is 0 Å². The summed E-state index contributed by atoms with van der Waals surface area (Å²) < 4.78 is 0. The Morgan fingerprint density at radius 1 is 1.75 bits per heavy atom. The molecule has 0 aliphatic rings. The Morgan fingerprint density at radius 2 is 2.50 bits per heavy atom. The van der Waals surface area contributed by atoms with Crippen LogP contribution in [0.25, 0.3) is 0 Å². The van der Waals surface area contributed by atoms with Gasteiger partial charge in [0, 0.05) is 12.3 Å². The van der Waals surface area contributed by atoms with Gasteiger partial charge < -0.3 is 0 Å². The molecule has 1 heterocycles. The minimum atomic E-state index is 0.279. The van der Waals surface area contributed by atoms with E-state index < -0.39 is 0 Å². The number of halogens is 1.